The lowest BCUT2D eigenvalue weighted by atomic mass is 9.79. The summed E-state index contributed by atoms with van der Waals surface area (Å²) in [6, 6.07) is 11.8. The van der Waals surface area contributed by atoms with E-state index >= 15 is 0 Å². The molecular weight excluding hydrogens is 512 g/mol. The number of rotatable bonds is 9. The van der Waals surface area contributed by atoms with E-state index in [0.29, 0.717) is 60.0 Å². The zero-order valence-corrected chi connectivity index (χ0v) is 22.2. The third-order valence-electron chi connectivity index (χ3n) is 6.30. The minimum atomic E-state index is -3.66. The second-order valence-electron chi connectivity index (χ2n) is 8.55. The molecule has 2 heterocycles. The maximum atomic E-state index is 12.8. The Kier molecular flexibility index (Phi) is 8.22. The van der Waals surface area contributed by atoms with Crippen LogP contribution in [0.15, 0.2) is 73.8 Å². The van der Waals surface area contributed by atoms with E-state index in [1.807, 2.05) is 0 Å². The highest BCUT2D eigenvalue weighted by atomic mass is 32.2. The Balaban J connectivity index is 1.52. The van der Waals surface area contributed by atoms with Crippen molar-refractivity contribution < 1.29 is 22.4 Å². The third-order valence-corrected chi connectivity index (χ3v) is 9.36. The van der Waals surface area contributed by atoms with Gasteiger partial charge in [-0.1, -0.05) is 31.7 Å². The van der Waals surface area contributed by atoms with Crippen LogP contribution < -0.4 is 10.6 Å². The van der Waals surface area contributed by atoms with Gasteiger partial charge < -0.3 is 15.1 Å². The van der Waals surface area contributed by atoms with E-state index in [0.717, 1.165) is 17.5 Å². The molecule has 2 aliphatic rings. The monoisotopic (exact) mass is 540 g/mol. The van der Waals surface area contributed by atoms with Crippen LogP contribution in [0.3, 0.4) is 0 Å². The van der Waals surface area contributed by atoms with Gasteiger partial charge in [0.1, 0.15) is 5.76 Å². The smallest absolute Gasteiger partial charge is 0.243 e. The van der Waals surface area contributed by atoms with Crippen LogP contribution in [0.25, 0.3) is 0 Å². The van der Waals surface area contributed by atoms with Crippen molar-refractivity contribution in [3.05, 3.63) is 70.3 Å². The van der Waals surface area contributed by atoms with Crippen LogP contribution in [0.2, 0.25) is 0 Å². The van der Waals surface area contributed by atoms with Gasteiger partial charge in [0.2, 0.25) is 15.9 Å². The van der Waals surface area contributed by atoms with Gasteiger partial charge in [0.05, 0.1) is 39.5 Å². The molecule has 1 amide bonds. The Morgan fingerprint density at radius 1 is 1.24 bits per heavy atom. The largest absolute Gasteiger partial charge is 0.468 e. The zero-order valence-electron chi connectivity index (χ0n) is 20.6. The molecule has 1 aromatic carbocycles. The summed E-state index contributed by atoms with van der Waals surface area (Å²) in [6.45, 7) is 4.23. The van der Waals surface area contributed by atoms with Crippen LogP contribution in [0, 0.1) is 11.3 Å². The molecule has 2 N–H and O–H groups in total. The highest BCUT2D eigenvalue weighted by molar-refractivity contribution is 8.03. The van der Waals surface area contributed by atoms with Crippen molar-refractivity contribution in [3.8, 4) is 6.07 Å². The number of nitriles is 1. The molecule has 194 valence electrons. The van der Waals surface area contributed by atoms with Crippen molar-refractivity contribution in [2.24, 2.45) is 0 Å². The number of furan rings is 1. The molecule has 2 aromatic rings. The van der Waals surface area contributed by atoms with E-state index in [4.69, 9.17) is 4.42 Å². The maximum absolute atomic E-state index is 12.8. The Morgan fingerprint density at radius 2 is 2.03 bits per heavy atom. The first-order valence-corrected chi connectivity index (χ1v) is 14.5. The number of allylic oxidation sites excluding steroid dienone is 3. The van der Waals surface area contributed by atoms with Crippen LogP contribution in [0.5, 0.6) is 0 Å². The molecule has 1 aromatic heterocycles. The van der Waals surface area contributed by atoms with Crippen LogP contribution in [0.4, 0.5) is 5.69 Å². The highest BCUT2D eigenvalue weighted by Crippen LogP contribution is 2.44. The SMILES string of the molecule is CCN(CC)S(=O)(=O)c1cccc(NC(=O)CSC2=C(C#N)[C@@H](c3ccco3)C3=C(CCCC3=O)N2)c1. The highest BCUT2D eigenvalue weighted by Gasteiger charge is 2.38. The number of nitrogens with zero attached hydrogens (tertiary/aromatic N) is 2. The third kappa shape index (κ3) is 5.51. The number of nitrogens with one attached hydrogen (secondary N) is 2. The number of amides is 1. The molecule has 1 atom stereocenters. The average Bonchev–Trinajstić information content (AvgIpc) is 3.42. The van der Waals surface area contributed by atoms with E-state index in [1.54, 1.807) is 38.1 Å². The number of carbonyl (C=O) groups excluding carboxylic acids is 2. The summed E-state index contributed by atoms with van der Waals surface area (Å²) in [5, 5.41) is 16.5. The van der Waals surface area contributed by atoms with Crippen LogP contribution in [-0.2, 0) is 19.6 Å². The van der Waals surface area contributed by atoms with Gasteiger partial charge in [0.15, 0.2) is 5.78 Å². The predicted molar refractivity (Wildman–Crippen MR) is 141 cm³/mol. The van der Waals surface area contributed by atoms with E-state index in [-0.39, 0.29) is 22.3 Å². The number of ketones is 1. The van der Waals surface area contributed by atoms with Crippen molar-refractivity contribution in [2.75, 3.05) is 24.2 Å². The number of dihydropyridines is 1. The molecule has 0 saturated heterocycles. The van der Waals surface area contributed by atoms with E-state index in [1.165, 1.54) is 22.7 Å². The second kappa shape index (κ2) is 11.4. The Bertz CT molecular complexity index is 1400. The minimum absolute atomic E-state index is 0.00996. The van der Waals surface area contributed by atoms with E-state index in [2.05, 4.69) is 16.7 Å². The van der Waals surface area contributed by atoms with Crippen LogP contribution in [0.1, 0.15) is 44.8 Å². The number of hydrogen-bond acceptors (Lipinski definition) is 8. The number of benzene rings is 1. The molecule has 0 spiro atoms. The van der Waals surface area contributed by atoms with Gasteiger partial charge in [-0.05, 0) is 43.2 Å². The Morgan fingerprint density at radius 3 is 2.70 bits per heavy atom. The standard InChI is InChI=1S/C26H28N4O5S2/c1-3-30(4-2)37(33,34)18-9-5-8-17(14-18)28-23(32)16-36-26-19(15-27)24(22-12-7-13-35-22)25-20(29-26)10-6-11-21(25)31/h5,7-9,12-14,24,29H,3-4,6,10-11,16H2,1-2H3,(H,28,32)/t24-/m0/s1. The number of sulfonamides is 1. The first-order chi connectivity index (χ1) is 17.8. The fourth-order valence-electron chi connectivity index (χ4n) is 4.56. The van der Waals surface area contributed by atoms with Crippen molar-refractivity contribution in [2.45, 2.75) is 43.9 Å². The van der Waals surface area contributed by atoms with Gasteiger partial charge in [-0.15, -0.1) is 0 Å². The molecule has 0 bridgehead atoms. The summed E-state index contributed by atoms with van der Waals surface area (Å²) >= 11 is 1.16. The fourth-order valence-corrected chi connectivity index (χ4v) is 6.93. The van der Waals surface area contributed by atoms with Crippen molar-refractivity contribution >= 4 is 39.2 Å². The van der Waals surface area contributed by atoms with Gasteiger partial charge in [-0.2, -0.15) is 9.57 Å². The first-order valence-electron chi connectivity index (χ1n) is 12.0. The number of Topliss-reactive ketones (excluding diaryl/α,β-unsaturated/α-hetero) is 1. The molecule has 4 rings (SSSR count). The first kappa shape index (κ1) is 26.7. The maximum Gasteiger partial charge on any atom is 0.243 e. The molecule has 1 aliphatic carbocycles. The Labute approximate surface area is 220 Å². The summed E-state index contributed by atoms with van der Waals surface area (Å²) in [5.41, 5.74) is 2.00. The summed E-state index contributed by atoms with van der Waals surface area (Å²) in [6.07, 6.45) is 3.31. The lowest BCUT2D eigenvalue weighted by Gasteiger charge is -2.32. The molecule has 0 unspecified atom stereocenters. The van der Waals surface area contributed by atoms with Gasteiger partial charge in [-0.25, -0.2) is 8.42 Å². The molecule has 11 heteroatoms. The van der Waals surface area contributed by atoms with E-state index in [9.17, 15) is 23.3 Å². The fraction of sp³-hybridized carbons (Fsp3) is 0.346. The molecule has 1 aliphatic heterocycles. The van der Waals surface area contributed by atoms with Crippen molar-refractivity contribution in [3.63, 3.8) is 0 Å². The van der Waals surface area contributed by atoms with Gasteiger partial charge in [0, 0.05) is 36.5 Å². The summed E-state index contributed by atoms with van der Waals surface area (Å²) in [4.78, 5) is 25.7. The predicted octanol–water partition coefficient (Wildman–Crippen LogP) is 4.11. The number of hydrogen-bond donors (Lipinski definition) is 2. The molecule has 0 fully saturated rings. The quantitative estimate of drug-likeness (QED) is 0.486. The summed E-state index contributed by atoms with van der Waals surface area (Å²) in [5.74, 6) is -0.500. The van der Waals surface area contributed by atoms with Gasteiger partial charge in [0.25, 0.3) is 0 Å². The lowest BCUT2D eigenvalue weighted by molar-refractivity contribution is -0.116. The van der Waals surface area contributed by atoms with Crippen molar-refractivity contribution in [1.82, 2.24) is 9.62 Å². The summed E-state index contributed by atoms with van der Waals surface area (Å²) < 4.78 is 32.6. The molecule has 9 nitrogen and oxygen atoms in total. The molecule has 37 heavy (non-hydrogen) atoms. The number of thioether (sulfide) groups is 1. The van der Waals surface area contributed by atoms with Crippen LogP contribution >= 0.6 is 11.8 Å². The zero-order chi connectivity index (χ0) is 26.6. The molecular formula is C26H28N4O5S2. The number of carbonyl (C=O) groups is 2. The normalized spacial score (nSPS) is 17.9. The van der Waals surface area contributed by atoms with Crippen LogP contribution in [-0.4, -0.2) is 43.3 Å². The second-order valence-corrected chi connectivity index (χ2v) is 11.5. The lowest BCUT2D eigenvalue weighted by Crippen LogP contribution is -2.31. The topological polar surface area (TPSA) is 133 Å². The molecule has 0 saturated carbocycles. The summed E-state index contributed by atoms with van der Waals surface area (Å²) in [7, 11) is -3.66. The van der Waals surface area contributed by atoms with Crippen molar-refractivity contribution in [1.29, 1.82) is 5.26 Å². The molecule has 0 radical (unpaired) electrons. The van der Waals surface area contributed by atoms with Gasteiger partial charge in [-0.3, -0.25) is 9.59 Å². The average molecular weight is 541 g/mol. The Hall–Kier alpha value is -3.33. The van der Waals surface area contributed by atoms with E-state index < -0.39 is 15.9 Å². The number of anilines is 1. The minimum Gasteiger partial charge on any atom is -0.468 e. The van der Waals surface area contributed by atoms with Gasteiger partial charge >= 0.3 is 0 Å².